The minimum absolute atomic E-state index is 0.0135. The van der Waals surface area contributed by atoms with E-state index >= 15 is 0 Å². The van der Waals surface area contributed by atoms with Crippen LogP contribution < -0.4 is 21.1 Å². The Bertz CT molecular complexity index is 1420. The van der Waals surface area contributed by atoms with Crippen LogP contribution >= 0.6 is 0 Å². The van der Waals surface area contributed by atoms with Crippen molar-refractivity contribution in [1.82, 2.24) is 14.1 Å². The molecule has 2 aliphatic rings. The molecule has 0 saturated carbocycles. The number of nitriles is 2. The maximum atomic E-state index is 12.9. The van der Waals surface area contributed by atoms with E-state index in [1.165, 1.54) is 12.3 Å². The van der Waals surface area contributed by atoms with Crippen molar-refractivity contribution in [3.8, 4) is 17.9 Å². The van der Waals surface area contributed by atoms with Gasteiger partial charge < -0.3 is 4.74 Å². The highest BCUT2D eigenvalue weighted by Gasteiger charge is 2.27. The lowest BCUT2D eigenvalue weighted by molar-refractivity contribution is 0.333. The summed E-state index contributed by atoms with van der Waals surface area (Å²) in [6.07, 6.45) is 8.91. The number of aliphatic imine (C=N–C) groups is 1. The quantitative estimate of drug-likeness (QED) is 0.720. The smallest absolute Gasteiger partial charge is 0.328 e. The first-order chi connectivity index (χ1) is 15.7. The number of imidazole rings is 1. The number of aromatic nitrogens is 3. The van der Waals surface area contributed by atoms with Crippen LogP contribution in [0.2, 0.25) is 0 Å². The zero-order valence-corrected chi connectivity index (χ0v) is 19.2. The van der Waals surface area contributed by atoms with Crippen molar-refractivity contribution >= 4 is 18.0 Å². The molecule has 8 heteroatoms. The highest BCUT2D eigenvalue weighted by atomic mass is 16.5. The van der Waals surface area contributed by atoms with Gasteiger partial charge in [-0.3, -0.25) is 9.13 Å². The molecule has 4 rings (SSSR count). The summed E-state index contributed by atoms with van der Waals surface area (Å²) in [5.74, 6) is 0.711. The summed E-state index contributed by atoms with van der Waals surface area (Å²) in [5.41, 5.74) is 0.564. The number of hydrogen-bond donors (Lipinski definition) is 0. The lowest BCUT2D eigenvalue weighted by Gasteiger charge is -2.25. The van der Waals surface area contributed by atoms with E-state index in [-0.39, 0.29) is 34.7 Å². The number of rotatable bonds is 3. The van der Waals surface area contributed by atoms with Gasteiger partial charge in [0.25, 0.3) is 0 Å². The molecular formula is C25H26N6O2. The summed E-state index contributed by atoms with van der Waals surface area (Å²) in [6, 6.07) is 7.14. The number of pyridine rings is 1. The number of fused-ring (bicyclic) bond motifs is 1. The Morgan fingerprint density at radius 2 is 1.97 bits per heavy atom. The van der Waals surface area contributed by atoms with Crippen LogP contribution in [0, 0.1) is 34.0 Å². The van der Waals surface area contributed by atoms with Gasteiger partial charge in [-0.1, -0.05) is 39.0 Å². The zero-order valence-electron chi connectivity index (χ0n) is 19.2. The van der Waals surface area contributed by atoms with Gasteiger partial charge in [0.1, 0.15) is 29.2 Å². The van der Waals surface area contributed by atoms with E-state index < -0.39 is 0 Å². The predicted octanol–water partition coefficient (Wildman–Crippen LogP) is 1.78. The van der Waals surface area contributed by atoms with Gasteiger partial charge in [0.15, 0.2) is 0 Å². The molecule has 0 spiro atoms. The van der Waals surface area contributed by atoms with Crippen LogP contribution in [0.1, 0.15) is 39.3 Å². The molecule has 8 nitrogen and oxygen atoms in total. The first-order valence-electron chi connectivity index (χ1n) is 10.9. The van der Waals surface area contributed by atoms with Crippen molar-refractivity contribution in [2.24, 2.45) is 23.4 Å². The molecule has 2 aromatic rings. The minimum Gasteiger partial charge on any atom is -0.438 e. The van der Waals surface area contributed by atoms with Crippen LogP contribution in [0.15, 0.2) is 39.8 Å². The summed E-state index contributed by atoms with van der Waals surface area (Å²) >= 11 is 0. The van der Waals surface area contributed by atoms with E-state index in [0.29, 0.717) is 24.3 Å². The predicted molar refractivity (Wildman–Crippen MR) is 125 cm³/mol. The van der Waals surface area contributed by atoms with E-state index in [4.69, 9.17) is 15.0 Å². The largest absolute Gasteiger partial charge is 0.438 e. The fourth-order valence-electron chi connectivity index (χ4n) is 4.21. The van der Waals surface area contributed by atoms with Gasteiger partial charge in [-0.05, 0) is 24.3 Å². The third-order valence-electron chi connectivity index (χ3n) is 5.77. The van der Waals surface area contributed by atoms with Gasteiger partial charge in [-0.15, -0.1) is 0 Å². The Hall–Kier alpha value is -3.91. The standard InChI is InChI=1S/C25H26N6O2/c1-25(2,3)15-31-21-8-6-16(11-22(21)30(4)24(31)32)20-7-5-17(13-26)23(29-20)33-19-9-10-28-18(12-19)14-27/h5,8-12,16,20H,6-7,15H2,1-4H3. The van der Waals surface area contributed by atoms with Crippen molar-refractivity contribution in [3.05, 3.63) is 56.9 Å². The summed E-state index contributed by atoms with van der Waals surface area (Å²) in [4.78, 5) is 21.6. The third-order valence-corrected chi connectivity index (χ3v) is 5.77. The lowest BCUT2D eigenvalue weighted by Crippen LogP contribution is -2.39. The Labute approximate surface area is 192 Å². The molecule has 1 aliphatic heterocycles. The number of nitrogens with zero attached hydrogens (tertiary/aromatic N) is 6. The molecule has 2 aromatic heterocycles. The Kier molecular flexibility index (Phi) is 5.78. The van der Waals surface area contributed by atoms with Crippen molar-refractivity contribution in [2.75, 3.05) is 0 Å². The summed E-state index contributed by atoms with van der Waals surface area (Å²) in [5, 5.41) is 20.5. The molecule has 33 heavy (non-hydrogen) atoms. The molecule has 0 radical (unpaired) electrons. The second kappa shape index (κ2) is 8.55. The first-order valence-corrected chi connectivity index (χ1v) is 10.9. The molecule has 168 valence electrons. The second-order valence-corrected chi connectivity index (χ2v) is 9.59. The number of ether oxygens (including phenoxy) is 1. The molecule has 3 heterocycles. The molecule has 0 bridgehead atoms. The summed E-state index contributed by atoms with van der Waals surface area (Å²) in [6.45, 7) is 7.00. The van der Waals surface area contributed by atoms with Crippen molar-refractivity contribution < 1.29 is 4.74 Å². The lowest BCUT2D eigenvalue weighted by atomic mass is 9.89. The van der Waals surface area contributed by atoms with Crippen molar-refractivity contribution in [1.29, 1.82) is 10.5 Å². The van der Waals surface area contributed by atoms with Crippen LogP contribution in [0.4, 0.5) is 0 Å². The fourth-order valence-corrected chi connectivity index (χ4v) is 4.21. The number of dihydropyridines is 1. The highest BCUT2D eigenvalue weighted by Crippen LogP contribution is 2.26. The Balaban J connectivity index is 1.67. The minimum atomic E-state index is -0.125. The molecule has 0 aromatic carbocycles. The van der Waals surface area contributed by atoms with Crippen LogP contribution in [-0.2, 0) is 13.6 Å². The SMILES string of the molecule is Cn1c2c(n(CC(C)(C)C)c1=O)=CCC(C1CC=C(C#N)C(Oc3ccnc(C#N)c3)=N1)C=2. The van der Waals surface area contributed by atoms with Gasteiger partial charge in [0.05, 0.1) is 16.7 Å². The molecule has 0 N–H and O–H groups in total. The van der Waals surface area contributed by atoms with Crippen molar-refractivity contribution in [3.63, 3.8) is 0 Å². The van der Waals surface area contributed by atoms with Crippen LogP contribution in [-0.4, -0.2) is 26.1 Å². The van der Waals surface area contributed by atoms with Gasteiger partial charge >= 0.3 is 5.69 Å². The maximum absolute atomic E-state index is 12.9. The molecule has 2 unspecified atom stereocenters. The summed E-state index contributed by atoms with van der Waals surface area (Å²) in [7, 11) is 1.80. The van der Waals surface area contributed by atoms with Crippen LogP contribution in [0.3, 0.4) is 0 Å². The average Bonchev–Trinajstić information content (AvgIpc) is 3.02. The van der Waals surface area contributed by atoms with Gasteiger partial charge in [0, 0.05) is 31.8 Å². The third kappa shape index (κ3) is 4.51. The van der Waals surface area contributed by atoms with Gasteiger partial charge in [-0.25, -0.2) is 14.8 Å². The Morgan fingerprint density at radius 3 is 2.67 bits per heavy atom. The van der Waals surface area contributed by atoms with Crippen LogP contribution in [0.5, 0.6) is 5.75 Å². The Morgan fingerprint density at radius 1 is 1.18 bits per heavy atom. The average molecular weight is 443 g/mol. The van der Waals surface area contributed by atoms with Gasteiger partial charge in [-0.2, -0.15) is 10.5 Å². The molecule has 1 aliphatic carbocycles. The van der Waals surface area contributed by atoms with Crippen LogP contribution in [0.25, 0.3) is 12.2 Å². The molecule has 2 atom stereocenters. The fraction of sp³-hybridized carbons (Fsp3) is 0.400. The number of hydrogen-bond acceptors (Lipinski definition) is 6. The normalized spacial score (nSPS) is 19.7. The van der Waals surface area contributed by atoms with E-state index in [2.05, 4.69) is 44.0 Å². The topological polar surface area (TPSA) is 109 Å². The van der Waals surface area contributed by atoms with Crippen molar-refractivity contribution in [2.45, 2.75) is 46.2 Å². The first kappa shape index (κ1) is 22.3. The molecule has 0 saturated heterocycles. The van der Waals surface area contributed by atoms with E-state index in [1.54, 1.807) is 17.7 Å². The monoisotopic (exact) mass is 442 g/mol. The van der Waals surface area contributed by atoms with E-state index in [1.807, 2.05) is 16.7 Å². The molecule has 0 amide bonds. The highest BCUT2D eigenvalue weighted by molar-refractivity contribution is 5.99. The maximum Gasteiger partial charge on any atom is 0.328 e. The molecular weight excluding hydrogens is 416 g/mol. The van der Waals surface area contributed by atoms with Gasteiger partial charge in [0.2, 0.25) is 5.90 Å². The zero-order chi connectivity index (χ0) is 23.8. The second-order valence-electron chi connectivity index (χ2n) is 9.59. The van der Waals surface area contributed by atoms with E-state index in [9.17, 15) is 10.1 Å². The summed E-state index contributed by atoms with van der Waals surface area (Å²) < 4.78 is 9.43. The molecule has 0 fully saturated rings. The van der Waals surface area contributed by atoms with E-state index in [0.717, 1.165) is 17.1 Å².